The van der Waals surface area contributed by atoms with Gasteiger partial charge in [0.2, 0.25) is 0 Å². The van der Waals surface area contributed by atoms with Crippen LogP contribution in [0.25, 0.3) is 0 Å². The average molecular weight is 235 g/mol. The van der Waals surface area contributed by atoms with Crippen molar-refractivity contribution in [2.45, 2.75) is 40.2 Å². The molecule has 0 saturated carbocycles. The van der Waals surface area contributed by atoms with E-state index in [1.807, 2.05) is 11.6 Å². The van der Waals surface area contributed by atoms with Crippen LogP contribution in [-0.2, 0) is 6.54 Å². The Morgan fingerprint density at radius 3 is 2.71 bits per heavy atom. The van der Waals surface area contributed by atoms with E-state index in [1.54, 1.807) is 0 Å². The number of hydrogen-bond donors (Lipinski definition) is 1. The van der Waals surface area contributed by atoms with Crippen LogP contribution < -0.4 is 10.6 Å². The molecule has 94 valence electrons. The Bertz CT molecular complexity index is 402. The van der Waals surface area contributed by atoms with E-state index < -0.39 is 0 Å². The molecule has 0 aliphatic rings. The fourth-order valence-electron chi connectivity index (χ4n) is 1.88. The first-order valence-corrected chi connectivity index (χ1v) is 6.10. The molecule has 17 heavy (non-hydrogen) atoms. The monoisotopic (exact) mass is 235 g/mol. The van der Waals surface area contributed by atoms with Gasteiger partial charge >= 0.3 is 0 Å². The first-order chi connectivity index (χ1) is 8.15. The van der Waals surface area contributed by atoms with Crippen LogP contribution in [0.5, 0.6) is 0 Å². The largest absolute Gasteiger partial charge is 0.394 e. The van der Waals surface area contributed by atoms with E-state index in [1.165, 1.54) is 0 Å². The first kappa shape index (κ1) is 13.4. The van der Waals surface area contributed by atoms with Crippen LogP contribution in [0.1, 0.15) is 32.4 Å². The van der Waals surface area contributed by atoms with Crippen molar-refractivity contribution in [1.29, 1.82) is 5.26 Å². The van der Waals surface area contributed by atoms with Crippen molar-refractivity contribution < 1.29 is 0 Å². The number of nitrogens with zero attached hydrogens (tertiary/aromatic N) is 4. The quantitative estimate of drug-likeness (QED) is 0.817. The lowest BCUT2D eigenvalue weighted by Gasteiger charge is -2.23. The lowest BCUT2D eigenvalue weighted by Crippen LogP contribution is -2.27. The molecule has 1 rings (SSSR count). The van der Waals surface area contributed by atoms with E-state index in [0.29, 0.717) is 13.0 Å². The third-order valence-corrected chi connectivity index (χ3v) is 2.76. The molecule has 0 radical (unpaired) electrons. The van der Waals surface area contributed by atoms with Crippen molar-refractivity contribution in [3.05, 3.63) is 5.69 Å². The summed E-state index contributed by atoms with van der Waals surface area (Å²) in [7, 11) is 0. The molecular weight excluding hydrogens is 214 g/mol. The summed E-state index contributed by atoms with van der Waals surface area (Å²) in [6, 6.07) is 2.17. The highest BCUT2D eigenvalue weighted by Gasteiger charge is 2.17. The van der Waals surface area contributed by atoms with E-state index >= 15 is 0 Å². The molecule has 1 aromatic heterocycles. The molecule has 0 amide bonds. The van der Waals surface area contributed by atoms with Gasteiger partial charge < -0.3 is 10.6 Å². The van der Waals surface area contributed by atoms with Gasteiger partial charge in [-0.15, -0.1) is 0 Å². The fourth-order valence-corrected chi connectivity index (χ4v) is 1.88. The van der Waals surface area contributed by atoms with Crippen molar-refractivity contribution in [3.63, 3.8) is 0 Å². The number of hydrogen-bond acceptors (Lipinski definition) is 4. The molecule has 0 saturated heterocycles. The van der Waals surface area contributed by atoms with E-state index in [4.69, 9.17) is 11.0 Å². The molecule has 1 aromatic rings. The minimum absolute atomic E-state index is 0.504. The predicted molar refractivity (Wildman–Crippen MR) is 69.8 cm³/mol. The van der Waals surface area contributed by atoms with Gasteiger partial charge in [-0.05, 0) is 20.3 Å². The number of anilines is 2. The number of nitriles is 1. The molecule has 5 nitrogen and oxygen atoms in total. The summed E-state index contributed by atoms with van der Waals surface area (Å²) in [4.78, 5) is 2.12. The van der Waals surface area contributed by atoms with Crippen LogP contribution in [0, 0.1) is 18.3 Å². The number of rotatable bonds is 6. The first-order valence-electron chi connectivity index (χ1n) is 6.10. The van der Waals surface area contributed by atoms with E-state index in [-0.39, 0.29) is 0 Å². The van der Waals surface area contributed by atoms with Gasteiger partial charge in [0.1, 0.15) is 0 Å². The van der Waals surface area contributed by atoms with Crippen molar-refractivity contribution in [1.82, 2.24) is 9.78 Å². The molecule has 0 unspecified atom stereocenters. The number of aromatic nitrogens is 2. The lowest BCUT2D eigenvalue weighted by atomic mass is 10.3. The zero-order valence-corrected chi connectivity index (χ0v) is 10.9. The third-order valence-electron chi connectivity index (χ3n) is 2.76. The molecule has 0 aliphatic carbocycles. The van der Waals surface area contributed by atoms with Crippen LogP contribution >= 0.6 is 0 Å². The average Bonchev–Trinajstić information content (AvgIpc) is 2.58. The van der Waals surface area contributed by atoms with Gasteiger partial charge in [0.05, 0.1) is 23.9 Å². The minimum atomic E-state index is 0.504. The highest BCUT2D eigenvalue weighted by atomic mass is 15.4. The number of aryl methyl sites for hydroxylation is 2. The highest BCUT2D eigenvalue weighted by Crippen LogP contribution is 2.26. The summed E-state index contributed by atoms with van der Waals surface area (Å²) in [5.74, 6) is 0.960. The molecule has 0 aromatic carbocycles. The number of nitrogens with two attached hydrogens (primary N) is 1. The van der Waals surface area contributed by atoms with Crippen LogP contribution in [0.15, 0.2) is 0 Å². The van der Waals surface area contributed by atoms with Gasteiger partial charge in [-0.2, -0.15) is 10.4 Å². The van der Waals surface area contributed by atoms with Crippen molar-refractivity contribution in [2.75, 3.05) is 23.7 Å². The SMILES string of the molecule is CCCn1nc(C)c(N)c1N(CC)CCC#N. The second kappa shape index (κ2) is 6.14. The Balaban J connectivity index is 3.03. The topological polar surface area (TPSA) is 70.9 Å². The standard InChI is InChI=1S/C12H21N5/c1-4-8-17-12(11(14)10(3)15-17)16(5-2)9-6-7-13/h4-6,8-9,14H2,1-3H3. The molecule has 0 atom stereocenters. The normalized spacial score (nSPS) is 10.2. The maximum absolute atomic E-state index is 8.67. The Morgan fingerprint density at radius 2 is 2.18 bits per heavy atom. The van der Waals surface area contributed by atoms with Gasteiger partial charge in [-0.25, -0.2) is 4.68 Å². The summed E-state index contributed by atoms with van der Waals surface area (Å²) < 4.78 is 1.95. The van der Waals surface area contributed by atoms with Gasteiger partial charge in [0.15, 0.2) is 5.82 Å². The Kier molecular flexibility index (Phi) is 4.83. The van der Waals surface area contributed by atoms with Crippen LogP contribution in [0.3, 0.4) is 0 Å². The fraction of sp³-hybridized carbons (Fsp3) is 0.667. The molecule has 0 fully saturated rings. The molecule has 0 aliphatic heterocycles. The second-order valence-electron chi connectivity index (χ2n) is 4.03. The van der Waals surface area contributed by atoms with Gasteiger partial charge in [0.25, 0.3) is 0 Å². The summed E-state index contributed by atoms with van der Waals surface area (Å²) in [5.41, 5.74) is 7.67. The predicted octanol–water partition coefficient (Wildman–Crippen LogP) is 1.92. The van der Waals surface area contributed by atoms with Gasteiger partial charge in [-0.1, -0.05) is 6.92 Å². The molecule has 5 heteroatoms. The molecule has 0 spiro atoms. The van der Waals surface area contributed by atoms with Crippen LogP contribution in [0.2, 0.25) is 0 Å². The summed E-state index contributed by atoms with van der Waals surface area (Å²) in [5, 5.41) is 13.1. The minimum Gasteiger partial charge on any atom is -0.394 e. The molecule has 1 heterocycles. The van der Waals surface area contributed by atoms with Crippen LogP contribution in [0.4, 0.5) is 11.5 Å². The smallest absolute Gasteiger partial charge is 0.150 e. The zero-order valence-electron chi connectivity index (χ0n) is 10.9. The van der Waals surface area contributed by atoms with Gasteiger partial charge in [0, 0.05) is 19.6 Å². The maximum atomic E-state index is 8.67. The number of nitrogen functional groups attached to an aromatic ring is 1. The summed E-state index contributed by atoms with van der Waals surface area (Å²) in [6.45, 7) is 8.49. The summed E-state index contributed by atoms with van der Waals surface area (Å²) in [6.07, 6.45) is 1.52. The lowest BCUT2D eigenvalue weighted by molar-refractivity contribution is 0.586. The van der Waals surface area contributed by atoms with Crippen molar-refractivity contribution in [3.8, 4) is 6.07 Å². The second-order valence-corrected chi connectivity index (χ2v) is 4.03. The van der Waals surface area contributed by atoms with E-state index in [0.717, 1.165) is 36.7 Å². The van der Waals surface area contributed by atoms with E-state index in [2.05, 4.69) is 29.9 Å². The Labute approximate surface area is 103 Å². The van der Waals surface area contributed by atoms with E-state index in [9.17, 15) is 0 Å². The molecule has 0 bridgehead atoms. The Morgan fingerprint density at radius 1 is 1.47 bits per heavy atom. The molecular formula is C12H21N5. The Hall–Kier alpha value is -1.70. The third kappa shape index (κ3) is 2.90. The maximum Gasteiger partial charge on any atom is 0.150 e. The van der Waals surface area contributed by atoms with Gasteiger partial charge in [-0.3, -0.25) is 0 Å². The zero-order chi connectivity index (χ0) is 12.8. The van der Waals surface area contributed by atoms with Crippen molar-refractivity contribution in [2.24, 2.45) is 0 Å². The van der Waals surface area contributed by atoms with Crippen LogP contribution in [-0.4, -0.2) is 22.9 Å². The summed E-state index contributed by atoms with van der Waals surface area (Å²) >= 11 is 0. The highest BCUT2D eigenvalue weighted by molar-refractivity contribution is 5.66. The van der Waals surface area contributed by atoms with Crippen molar-refractivity contribution >= 4 is 11.5 Å². The molecule has 2 N–H and O–H groups in total.